The van der Waals surface area contributed by atoms with E-state index in [9.17, 15) is 0 Å². The van der Waals surface area contributed by atoms with Crippen molar-refractivity contribution in [2.75, 3.05) is 6.54 Å². The van der Waals surface area contributed by atoms with Crippen molar-refractivity contribution in [1.29, 1.82) is 0 Å². The molecule has 16 heavy (non-hydrogen) atoms. The van der Waals surface area contributed by atoms with Crippen molar-refractivity contribution in [3.63, 3.8) is 0 Å². The third-order valence-electron chi connectivity index (χ3n) is 2.78. The Morgan fingerprint density at radius 3 is 2.69 bits per heavy atom. The normalized spacial score (nSPS) is 12.4. The van der Waals surface area contributed by atoms with Gasteiger partial charge in [-0.3, -0.25) is 0 Å². The van der Waals surface area contributed by atoms with Crippen LogP contribution in [0.3, 0.4) is 0 Å². The van der Waals surface area contributed by atoms with Crippen molar-refractivity contribution >= 4 is 11.3 Å². The first kappa shape index (κ1) is 13.7. The third-order valence-corrected chi connectivity index (χ3v) is 3.74. The Morgan fingerprint density at radius 2 is 2.12 bits per heavy atom. The maximum absolute atomic E-state index is 5.72. The minimum atomic E-state index is 0.240. The Kier molecular flexibility index (Phi) is 4.93. The molecule has 0 atom stereocenters. The molecule has 2 nitrogen and oxygen atoms in total. The fraction of sp³-hybridized carbons (Fsp3) is 0.769. The van der Waals surface area contributed by atoms with Gasteiger partial charge in [0.25, 0.3) is 0 Å². The lowest BCUT2D eigenvalue weighted by Crippen LogP contribution is -2.24. The first-order valence-corrected chi connectivity index (χ1v) is 6.94. The Labute approximate surface area is 103 Å². The summed E-state index contributed by atoms with van der Waals surface area (Å²) in [5.74, 6) is 0.690. The van der Waals surface area contributed by atoms with Gasteiger partial charge in [0.15, 0.2) is 0 Å². The summed E-state index contributed by atoms with van der Waals surface area (Å²) in [6, 6.07) is 0. The molecule has 0 aliphatic heterocycles. The number of hydrogen-bond donors (Lipinski definition) is 1. The van der Waals surface area contributed by atoms with Crippen molar-refractivity contribution in [1.82, 2.24) is 4.98 Å². The van der Waals surface area contributed by atoms with E-state index in [1.165, 1.54) is 10.7 Å². The van der Waals surface area contributed by atoms with Gasteiger partial charge in [0.1, 0.15) is 0 Å². The molecular weight excluding hydrogens is 216 g/mol. The van der Waals surface area contributed by atoms with Gasteiger partial charge in [0.2, 0.25) is 0 Å². The molecule has 0 bridgehead atoms. The topological polar surface area (TPSA) is 38.9 Å². The summed E-state index contributed by atoms with van der Waals surface area (Å²) >= 11 is 1.79. The average Bonchev–Trinajstić information content (AvgIpc) is 2.62. The molecule has 1 aromatic rings. The Morgan fingerprint density at radius 1 is 1.44 bits per heavy atom. The molecule has 2 N–H and O–H groups in total. The molecule has 0 saturated heterocycles. The summed E-state index contributed by atoms with van der Waals surface area (Å²) in [6.45, 7) is 9.65. The molecule has 0 aliphatic rings. The standard InChI is InChI=1S/C13H24N2S/c1-10(2)7-11-8-16-12(15-11)5-6-13(3,4)9-14/h8,10H,5-7,9,14H2,1-4H3. The van der Waals surface area contributed by atoms with Crippen molar-refractivity contribution in [2.45, 2.75) is 47.0 Å². The van der Waals surface area contributed by atoms with Crippen molar-refractivity contribution in [3.05, 3.63) is 16.1 Å². The van der Waals surface area contributed by atoms with Crippen molar-refractivity contribution in [3.8, 4) is 0 Å². The van der Waals surface area contributed by atoms with Gasteiger partial charge in [-0.05, 0) is 37.1 Å². The minimum Gasteiger partial charge on any atom is -0.330 e. The van der Waals surface area contributed by atoms with Gasteiger partial charge in [-0.2, -0.15) is 0 Å². The fourth-order valence-corrected chi connectivity index (χ4v) is 2.33. The number of rotatable bonds is 6. The summed E-state index contributed by atoms with van der Waals surface area (Å²) in [7, 11) is 0. The average molecular weight is 240 g/mol. The lowest BCUT2D eigenvalue weighted by Gasteiger charge is -2.21. The number of nitrogens with zero attached hydrogens (tertiary/aromatic N) is 1. The van der Waals surface area contributed by atoms with Crippen LogP contribution < -0.4 is 5.73 Å². The summed E-state index contributed by atoms with van der Waals surface area (Å²) in [5.41, 5.74) is 7.22. The number of aryl methyl sites for hydroxylation is 1. The first-order chi connectivity index (χ1) is 7.43. The van der Waals surface area contributed by atoms with E-state index in [1.807, 2.05) is 0 Å². The van der Waals surface area contributed by atoms with Gasteiger partial charge in [0.05, 0.1) is 10.7 Å². The zero-order valence-electron chi connectivity index (χ0n) is 10.9. The minimum absolute atomic E-state index is 0.240. The fourth-order valence-electron chi connectivity index (χ4n) is 1.52. The maximum Gasteiger partial charge on any atom is 0.0928 e. The predicted octanol–water partition coefficient (Wildman–Crippen LogP) is 3.26. The van der Waals surface area contributed by atoms with E-state index in [0.29, 0.717) is 5.92 Å². The molecule has 0 spiro atoms. The van der Waals surface area contributed by atoms with Gasteiger partial charge in [-0.25, -0.2) is 4.98 Å². The molecule has 1 rings (SSSR count). The first-order valence-electron chi connectivity index (χ1n) is 6.06. The molecule has 1 aromatic heterocycles. The number of hydrogen-bond acceptors (Lipinski definition) is 3. The van der Waals surface area contributed by atoms with E-state index in [-0.39, 0.29) is 5.41 Å². The molecular formula is C13H24N2S. The molecule has 0 saturated carbocycles. The van der Waals surface area contributed by atoms with Crippen LogP contribution in [-0.2, 0) is 12.8 Å². The highest BCUT2D eigenvalue weighted by Gasteiger charge is 2.16. The molecule has 0 radical (unpaired) electrons. The lowest BCUT2D eigenvalue weighted by molar-refractivity contribution is 0.347. The molecule has 0 aromatic carbocycles. The molecule has 0 aliphatic carbocycles. The van der Waals surface area contributed by atoms with Gasteiger partial charge < -0.3 is 5.73 Å². The van der Waals surface area contributed by atoms with Crippen LogP contribution in [0.5, 0.6) is 0 Å². The van der Waals surface area contributed by atoms with Crippen LogP contribution in [0.1, 0.15) is 44.8 Å². The quantitative estimate of drug-likeness (QED) is 0.829. The molecule has 3 heteroatoms. The van der Waals surface area contributed by atoms with Gasteiger partial charge in [-0.1, -0.05) is 27.7 Å². The SMILES string of the molecule is CC(C)Cc1csc(CCC(C)(C)CN)n1. The summed E-state index contributed by atoms with van der Waals surface area (Å²) in [6.07, 6.45) is 3.28. The summed E-state index contributed by atoms with van der Waals surface area (Å²) in [4.78, 5) is 4.67. The van der Waals surface area contributed by atoms with Crippen LogP contribution >= 0.6 is 11.3 Å². The monoisotopic (exact) mass is 240 g/mol. The van der Waals surface area contributed by atoms with Crippen LogP contribution in [0.15, 0.2) is 5.38 Å². The van der Waals surface area contributed by atoms with Gasteiger partial charge in [-0.15, -0.1) is 11.3 Å². The number of thiazole rings is 1. The maximum atomic E-state index is 5.72. The van der Waals surface area contributed by atoms with E-state index >= 15 is 0 Å². The van der Waals surface area contributed by atoms with E-state index in [1.54, 1.807) is 11.3 Å². The Balaban J connectivity index is 2.46. The second-order valence-electron chi connectivity index (χ2n) is 5.70. The Hall–Kier alpha value is -0.410. The van der Waals surface area contributed by atoms with Gasteiger partial charge >= 0.3 is 0 Å². The largest absolute Gasteiger partial charge is 0.330 e. The summed E-state index contributed by atoms with van der Waals surface area (Å²) in [5, 5.41) is 3.46. The zero-order valence-corrected chi connectivity index (χ0v) is 11.7. The van der Waals surface area contributed by atoms with Crippen LogP contribution in [-0.4, -0.2) is 11.5 Å². The molecule has 0 unspecified atom stereocenters. The van der Waals surface area contributed by atoms with Crippen LogP contribution in [0.25, 0.3) is 0 Å². The molecule has 92 valence electrons. The van der Waals surface area contributed by atoms with E-state index in [2.05, 4.69) is 38.1 Å². The molecule has 0 fully saturated rings. The number of aromatic nitrogens is 1. The second kappa shape index (κ2) is 5.78. The second-order valence-corrected chi connectivity index (χ2v) is 6.64. The van der Waals surface area contributed by atoms with Crippen molar-refractivity contribution in [2.24, 2.45) is 17.1 Å². The summed E-state index contributed by atoms with van der Waals surface area (Å²) < 4.78 is 0. The van der Waals surface area contributed by atoms with Crippen LogP contribution in [0.2, 0.25) is 0 Å². The smallest absolute Gasteiger partial charge is 0.0928 e. The highest BCUT2D eigenvalue weighted by Crippen LogP contribution is 2.23. The number of nitrogens with two attached hydrogens (primary N) is 1. The Bertz CT molecular complexity index is 315. The van der Waals surface area contributed by atoms with E-state index in [0.717, 1.165) is 25.8 Å². The van der Waals surface area contributed by atoms with Crippen LogP contribution in [0, 0.1) is 11.3 Å². The zero-order chi connectivity index (χ0) is 12.2. The third kappa shape index (κ3) is 4.62. The molecule has 1 heterocycles. The van der Waals surface area contributed by atoms with Crippen molar-refractivity contribution < 1.29 is 0 Å². The lowest BCUT2D eigenvalue weighted by atomic mass is 9.88. The van der Waals surface area contributed by atoms with Gasteiger partial charge in [0, 0.05) is 5.38 Å². The van der Waals surface area contributed by atoms with E-state index < -0.39 is 0 Å². The highest BCUT2D eigenvalue weighted by atomic mass is 32.1. The van der Waals surface area contributed by atoms with Crippen LogP contribution in [0.4, 0.5) is 0 Å². The van der Waals surface area contributed by atoms with E-state index in [4.69, 9.17) is 5.73 Å². The highest BCUT2D eigenvalue weighted by molar-refractivity contribution is 7.09. The predicted molar refractivity (Wildman–Crippen MR) is 71.8 cm³/mol. The molecule has 0 amide bonds.